The molecule has 1 rings (SSSR count). The molecule has 1 aliphatic heterocycles. The molecular formula is C10H19NO4S2. The van der Waals surface area contributed by atoms with Crippen LogP contribution >= 0.6 is 11.8 Å². The van der Waals surface area contributed by atoms with Crippen molar-refractivity contribution in [3.63, 3.8) is 0 Å². The summed E-state index contributed by atoms with van der Waals surface area (Å²) in [5, 5.41) is 8.84. The van der Waals surface area contributed by atoms with Gasteiger partial charge in [0.25, 0.3) is 0 Å². The van der Waals surface area contributed by atoms with Gasteiger partial charge in [-0.1, -0.05) is 20.8 Å². The van der Waals surface area contributed by atoms with E-state index in [4.69, 9.17) is 5.11 Å². The zero-order valence-corrected chi connectivity index (χ0v) is 11.9. The lowest BCUT2D eigenvalue weighted by atomic mass is 10.3. The van der Waals surface area contributed by atoms with Crippen molar-refractivity contribution in [1.82, 2.24) is 4.31 Å². The van der Waals surface area contributed by atoms with Crippen molar-refractivity contribution in [3.8, 4) is 0 Å². The van der Waals surface area contributed by atoms with Gasteiger partial charge in [-0.3, -0.25) is 4.79 Å². The van der Waals surface area contributed by atoms with Crippen LogP contribution in [0.5, 0.6) is 0 Å². The molecule has 0 amide bonds. The standard InChI is InChI=1S/C10H19NO4S2/c1-4-9-11(8(5-16-9)10(12)13)17(14,15)6-7(2)3/h7-9H,4-6H2,1-3H3,(H,12,13). The Labute approximate surface area is 107 Å². The van der Waals surface area contributed by atoms with Gasteiger partial charge in [-0.2, -0.15) is 4.31 Å². The Morgan fingerprint density at radius 3 is 2.53 bits per heavy atom. The van der Waals surface area contributed by atoms with Crippen molar-refractivity contribution in [2.24, 2.45) is 5.92 Å². The first-order valence-electron chi connectivity index (χ1n) is 5.65. The first-order chi connectivity index (χ1) is 7.79. The number of hydrogen-bond acceptors (Lipinski definition) is 4. The van der Waals surface area contributed by atoms with Gasteiger partial charge >= 0.3 is 5.97 Å². The molecule has 17 heavy (non-hydrogen) atoms. The van der Waals surface area contributed by atoms with Gasteiger partial charge in [-0.05, 0) is 12.3 Å². The van der Waals surface area contributed by atoms with Crippen LogP contribution in [0, 0.1) is 5.92 Å². The molecule has 0 spiro atoms. The first kappa shape index (κ1) is 14.8. The normalized spacial score (nSPS) is 26.6. The molecule has 5 nitrogen and oxygen atoms in total. The average Bonchev–Trinajstić information content (AvgIpc) is 2.59. The van der Waals surface area contributed by atoms with E-state index >= 15 is 0 Å². The van der Waals surface area contributed by atoms with E-state index in [-0.39, 0.29) is 17.0 Å². The number of nitrogens with zero attached hydrogens (tertiary/aromatic N) is 1. The molecule has 1 saturated heterocycles. The second-order valence-electron chi connectivity index (χ2n) is 4.55. The maximum absolute atomic E-state index is 12.2. The van der Waals surface area contributed by atoms with E-state index in [1.807, 2.05) is 20.8 Å². The minimum atomic E-state index is -3.48. The Bertz CT molecular complexity index is 380. The fraction of sp³-hybridized carbons (Fsp3) is 0.900. The van der Waals surface area contributed by atoms with Crippen molar-refractivity contribution in [3.05, 3.63) is 0 Å². The van der Waals surface area contributed by atoms with E-state index < -0.39 is 22.0 Å². The van der Waals surface area contributed by atoms with Crippen molar-refractivity contribution in [2.75, 3.05) is 11.5 Å². The van der Waals surface area contributed by atoms with E-state index in [2.05, 4.69) is 0 Å². The van der Waals surface area contributed by atoms with E-state index in [9.17, 15) is 13.2 Å². The van der Waals surface area contributed by atoms with Gasteiger partial charge in [-0.15, -0.1) is 11.8 Å². The van der Waals surface area contributed by atoms with Crippen LogP contribution in [0.2, 0.25) is 0 Å². The smallest absolute Gasteiger partial charge is 0.322 e. The van der Waals surface area contributed by atoms with Crippen LogP contribution in [0.4, 0.5) is 0 Å². The van der Waals surface area contributed by atoms with E-state index in [1.54, 1.807) is 0 Å². The van der Waals surface area contributed by atoms with Crippen molar-refractivity contribution in [1.29, 1.82) is 0 Å². The Morgan fingerprint density at radius 2 is 2.12 bits per heavy atom. The summed E-state index contributed by atoms with van der Waals surface area (Å²) in [5.41, 5.74) is 0. The second kappa shape index (κ2) is 5.58. The molecule has 0 aromatic carbocycles. The fourth-order valence-electron chi connectivity index (χ4n) is 1.91. The molecule has 1 N–H and O–H groups in total. The van der Waals surface area contributed by atoms with Crippen LogP contribution in [-0.4, -0.2) is 46.7 Å². The molecule has 0 bridgehead atoms. The zero-order valence-electron chi connectivity index (χ0n) is 10.3. The zero-order chi connectivity index (χ0) is 13.2. The maximum Gasteiger partial charge on any atom is 0.322 e. The number of carbonyl (C=O) groups is 1. The van der Waals surface area contributed by atoms with E-state index in [1.165, 1.54) is 16.1 Å². The summed E-state index contributed by atoms with van der Waals surface area (Å²) in [6.45, 7) is 5.51. The van der Waals surface area contributed by atoms with Crippen LogP contribution in [0.1, 0.15) is 27.2 Å². The van der Waals surface area contributed by atoms with Crippen LogP contribution in [0.15, 0.2) is 0 Å². The van der Waals surface area contributed by atoms with Gasteiger partial charge in [0.05, 0.1) is 11.1 Å². The highest BCUT2D eigenvalue weighted by Gasteiger charge is 2.44. The number of sulfonamides is 1. The van der Waals surface area contributed by atoms with Crippen molar-refractivity contribution < 1.29 is 18.3 Å². The molecule has 7 heteroatoms. The third kappa shape index (κ3) is 3.35. The van der Waals surface area contributed by atoms with Gasteiger partial charge in [-0.25, -0.2) is 8.42 Å². The number of carboxylic acids is 1. The molecule has 2 atom stereocenters. The van der Waals surface area contributed by atoms with Crippen molar-refractivity contribution >= 4 is 27.8 Å². The summed E-state index contributed by atoms with van der Waals surface area (Å²) in [6, 6.07) is -0.909. The summed E-state index contributed by atoms with van der Waals surface area (Å²) in [7, 11) is -3.48. The average molecular weight is 281 g/mol. The minimum absolute atomic E-state index is 0.00227. The Kier molecular flexibility index (Phi) is 4.86. The molecule has 1 heterocycles. The summed E-state index contributed by atoms with van der Waals surface area (Å²) < 4.78 is 25.5. The number of carboxylic acid groups (broad SMARTS) is 1. The van der Waals surface area contributed by atoms with Crippen LogP contribution in [-0.2, 0) is 14.8 Å². The highest BCUT2D eigenvalue weighted by Crippen LogP contribution is 2.34. The van der Waals surface area contributed by atoms with Gasteiger partial charge in [0.1, 0.15) is 6.04 Å². The van der Waals surface area contributed by atoms with Gasteiger partial charge < -0.3 is 5.11 Å². The van der Waals surface area contributed by atoms with Crippen LogP contribution in [0.3, 0.4) is 0 Å². The summed E-state index contributed by atoms with van der Waals surface area (Å²) in [6.07, 6.45) is 0.631. The molecular weight excluding hydrogens is 262 g/mol. The molecule has 0 radical (unpaired) electrons. The van der Waals surface area contributed by atoms with Crippen LogP contribution in [0.25, 0.3) is 0 Å². The minimum Gasteiger partial charge on any atom is -0.480 e. The number of hydrogen-bond donors (Lipinski definition) is 1. The Balaban J connectivity index is 3.00. The monoisotopic (exact) mass is 281 g/mol. The third-order valence-corrected chi connectivity index (χ3v) is 6.36. The lowest BCUT2D eigenvalue weighted by Gasteiger charge is -2.26. The van der Waals surface area contributed by atoms with E-state index in [0.29, 0.717) is 12.2 Å². The predicted molar refractivity (Wildman–Crippen MR) is 68.4 cm³/mol. The quantitative estimate of drug-likeness (QED) is 0.820. The largest absolute Gasteiger partial charge is 0.480 e. The van der Waals surface area contributed by atoms with Gasteiger partial charge in [0, 0.05) is 5.75 Å². The molecule has 1 fully saturated rings. The van der Waals surface area contributed by atoms with Gasteiger partial charge in [0.15, 0.2) is 0 Å². The molecule has 1 aliphatic rings. The van der Waals surface area contributed by atoms with E-state index in [0.717, 1.165) is 0 Å². The maximum atomic E-state index is 12.2. The SMILES string of the molecule is CCC1SCC(C(=O)O)N1S(=O)(=O)CC(C)C. The second-order valence-corrected chi connectivity index (χ2v) is 7.68. The molecule has 2 unspecified atom stereocenters. The lowest BCUT2D eigenvalue weighted by Crippen LogP contribution is -2.46. The van der Waals surface area contributed by atoms with Crippen molar-refractivity contribution in [2.45, 2.75) is 38.6 Å². The lowest BCUT2D eigenvalue weighted by molar-refractivity contribution is -0.140. The predicted octanol–water partition coefficient (Wildman–Crippen LogP) is 1.21. The Morgan fingerprint density at radius 1 is 1.53 bits per heavy atom. The van der Waals surface area contributed by atoms with Crippen LogP contribution < -0.4 is 0 Å². The summed E-state index contributed by atoms with van der Waals surface area (Å²) in [5.74, 6) is -0.711. The fourth-order valence-corrected chi connectivity index (χ4v) is 5.89. The molecule has 0 aromatic rings. The number of aliphatic carboxylic acids is 1. The molecule has 0 aliphatic carbocycles. The molecule has 0 aromatic heterocycles. The number of rotatable bonds is 5. The highest BCUT2D eigenvalue weighted by molar-refractivity contribution is 8.01. The first-order valence-corrected chi connectivity index (χ1v) is 8.31. The summed E-state index contributed by atoms with van der Waals surface area (Å²) >= 11 is 1.41. The number of thioether (sulfide) groups is 1. The summed E-state index contributed by atoms with van der Waals surface area (Å²) in [4.78, 5) is 11.1. The topological polar surface area (TPSA) is 74.7 Å². The third-order valence-electron chi connectivity index (χ3n) is 2.54. The van der Waals surface area contributed by atoms with Gasteiger partial charge in [0.2, 0.25) is 10.0 Å². The molecule has 0 saturated carbocycles. The molecule has 100 valence electrons. The Hall–Kier alpha value is -0.270. The highest BCUT2D eigenvalue weighted by atomic mass is 32.2.